The number of nitrogens with one attached hydrogen (secondary N) is 1. The van der Waals surface area contributed by atoms with Crippen LogP contribution in [0.3, 0.4) is 0 Å². The van der Waals surface area contributed by atoms with Crippen molar-refractivity contribution in [2.75, 3.05) is 20.6 Å². The Morgan fingerprint density at radius 2 is 2.00 bits per heavy atom. The van der Waals surface area contributed by atoms with Crippen molar-refractivity contribution < 1.29 is 13.7 Å². The van der Waals surface area contributed by atoms with E-state index in [1.165, 1.54) is 0 Å². The Hall–Kier alpha value is -2.93. The molecule has 0 bridgehead atoms. The quantitative estimate of drug-likeness (QED) is 0.669. The molecule has 26 heavy (non-hydrogen) atoms. The molecule has 0 aliphatic heterocycles. The third kappa shape index (κ3) is 4.58. The normalized spacial score (nSPS) is 12.3. The highest BCUT2D eigenvalue weighted by molar-refractivity contribution is 5.76. The lowest BCUT2D eigenvalue weighted by molar-refractivity contribution is -0.121. The maximum Gasteiger partial charge on any atom is 0.238 e. The lowest BCUT2D eigenvalue weighted by Crippen LogP contribution is -2.34. The van der Waals surface area contributed by atoms with Gasteiger partial charge in [0.05, 0.1) is 12.3 Å². The average molecular weight is 354 g/mol. The molecule has 0 saturated heterocycles. The molecule has 1 atom stereocenters. The van der Waals surface area contributed by atoms with Gasteiger partial charge in [-0.2, -0.15) is 4.98 Å². The summed E-state index contributed by atoms with van der Waals surface area (Å²) in [6.07, 6.45) is 2.22. The first-order valence-electron chi connectivity index (χ1n) is 8.48. The molecule has 3 aromatic rings. The van der Waals surface area contributed by atoms with Gasteiger partial charge in [0, 0.05) is 19.4 Å². The standard InChI is InChI=1S/C19H22N4O3/c1-23(2)15(14-7-4-3-5-8-14)13-20-17(24)10-11-18-21-19(22-26-18)16-9-6-12-25-16/h3-9,12,15H,10-11,13H2,1-2H3,(H,20,24). The highest BCUT2D eigenvalue weighted by atomic mass is 16.5. The molecule has 0 saturated carbocycles. The van der Waals surface area contributed by atoms with Gasteiger partial charge in [0.2, 0.25) is 17.6 Å². The Morgan fingerprint density at radius 3 is 2.69 bits per heavy atom. The number of aryl methyl sites for hydroxylation is 1. The minimum Gasteiger partial charge on any atom is -0.461 e. The van der Waals surface area contributed by atoms with Crippen LogP contribution in [0.25, 0.3) is 11.6 Å². The zero-order valence-corrected chi connectivity index (χ0v) is 14.9. The van der Waals surface area contributed by atoms with Crippen molar-refractivity contribution >= 4 is 5.91 Å². The Balaban J connectivity index is 1.49. The summed E-state index contributed by atoms with van der Waals surface area (Å²) in [7, 11) is 4.00. The van der Waals surface area contributed by atoms with Crippen LogP contribution in [-0.4, -0.2) is 41.6 Å². The number of amides is 1. The second-order valence-electron chi connectivity index (χ2n) is 6.18. The largest absolute Gasteiger partial charge is 0.461 e. The summed E-state index contributed by atoms with van der Waals surface area (Å²) in [5, 5.41) is 6.83. The minimum absolute atomic E-state index is 0.0504. The number of furan rings is 1. The maximum absolute atomic E-state index is 12.2. The zero-order chi connectivity index (χ0) is 18.4. The van der Waals surface area contributed by atoms with E-state index < -0.39 is 0 Å². The minimum atomic E-state index is -0.0504. The molecule has 1 aromatic carbocycles. The molecule has 7 heteroatoms. The fraction of sp³-hybridized carbons (Fsp3) is 0.316. The van der Waals surface area contributed by atoms with Gasteiger partial charge in [-0.1, -0.05) is 35.5 Å². The highest BCUT2D eigenvalue weighted by Crippen LogP contribution is 2.17. The highest BCUT2D eigenvalue weighted by Gasteiger charge is 2.16. The molecule has 1 amide bonds. The zero-order valence-electron chi connectivity index (χ0n) is 14.9. The third-order valence-electron chi connectivity index (χ3n) is 4.08. The maximum atomic E-state index is 12.2. The summed E-state index contributed by atoms with van der Waals surface area (Å²) in [6, 6.07) is 13.7. The Labute approximate surface area is 152 Å². The van der Waals surface area contributed by atoms with Crippen molar-refractivity contribution in [3.05, 3.63) is 60.2 Å². The average Bonchev–Trinajstić information content (AvgIpc) is 3.32. The Bertz CT molecular complexity index is 812. The molecule has 0 aliphatic rings. The topological polar surface area (TPSA) is 84.4 Å². The molecule has 2 aromatic heterocycles. The number of rotatable bonds is 8. The molecule has 0 fully saturated rings. The van der Waals surface area contributed by atoms with Gasteiger partial charge in [-0.25, -0.2) is 0 Å². The van der Waals surface area contributed by atoms with Crippen LogP contribution in [0.2, 0.25) is 0 Å². The van der Waals surface area contributed by atoms with Gasteiger partial charge in [0.15, 0.2) is 5.76 Å². The van der Waals surface area contributed by atoms with Crippen molar-refractivity contribution in [3.8, 4) is 11.6 Å². The summed E-state index contributed by atoms with van der Waals surface area (Å²) in [5.41, 5.74) is 1.16. The summed E-state index contributed by atoms with van der Waals surface area (Å²) in [5.74, 6) is 1.30. The van der Waals surface area contributed by atoms with Gasteiger partial charge >= 0.3 is 0 Å². The van der Waals surface area contributed by atoms with Crippen LogP contribution in [0.1, 0.15) is 23.9 Å². The fourth-order valence-electron chi connectivity index (χ4n) is 2.66. The molecular weight excluding hydrogens is 332 g/mol. The van der Waals surface area contributed by atoms with Crippen molar-refractivity contribution in [1.29, 1.82) is 0 Å². The molecule has 0 spiro atoms. The first-order valence-corrected chi connectivity index (χ1v) is 8.48. The lowest BCUT2D eigenvalue weighted by atomic mass is 10.1. The summed E-state index contributed by atoms with van der Waals surface area (Å²) >= 11 is 0. The van der Waals surface area contributed by atoms with Gasteiger partial charge in [0.1, 0.15) is 0 Å². The van der Waals surface area contributed by atoms with E-state index in [0.29, 0.717) is 30.4 Å². The van der Waals surface area contributed by atoms with Crippen molar-refractivity contribution in [1.82, 2.24) is 20.4 Å². The second kappa shape index (κ2) is 8.44. The molecular formula is C19H22N4O3. The number of benzene rings is 1. The first-order chi connectivity index (χ1) is 12.6. The van der Waals surface area contributed by atoms with E-state index in [9.17, 15) is 4.79 Å². The predicted octanol–water partition coefficient (Wildman–Crippen LogP) is 2.68. The van der Waals surface area contributed by atoms with E-state index in [1.807, 2.05) is 32.3 Å². The van der Waals surface area contributed by atoms with Crippen LogP contribution < -0.4 is 5.32 Å². The van der Waals surface area contributed by atoms with Crippen molar-refractivity contribution in [3.63, 3.8) is 0 Å². The Kier molecular flexibility index (Phi) is 5.80. The summed E-state index contributed by atoms with van der Waals surface area (Å²) in [4.78, 5) is 18.5. The van der Waals surface area contributed by atoms with E-state index in [0.717, 1.165) is 5.56 Å². The number of carbonyl (C=O) groups is 1. The van der Waals surface area contributed by atoms with Crippen LogP contribution in [0.4, 0.5) is 0 Å². The van der Waals surface area contributed by atoms with Crippen LogP contribution in [0.15, 0.2) is 57.7 Å². The van der Waals surface area contributed by atoms with Crippen molar-refractivity contribution in [2.24, 2.45) is 0 Å². The summed E-state index contributed by atoms with van der Waals surface area (Å²) < 4.78 is 10.4. The van der Waals surface area contributed by atoms with Crippen LogP contribution in [-0.2, 0) is 11.2 Å². The number of nitrogens with zero attached hydrogens (tertiary/aromatic N) is 3. The van der Waals surface area contributed by atoms with E-state index in [2.05, 4.69) is 32.5 Å². The fourth-order valence-corrected chi connectivity index (χ4v) is 2.66. The summed E-state index contributed by atoms with van der Waals surface area (Å²) in [6.45, 7) is 0.539. The SMILES string of the molecule is CN(C)C(CNC(=O)CCc1nc(-c2ccco2)no1)c1ccccc1. The number of likely N-dealkylation sites (N-methyl/N-ethyl adjacent to an activating group) is 1. The molecule has 3 rings (SSSR count). The second-order valence-corrected chi connectivity index (χ2v) is 6.18. The predicted molar refractivity (Wildman–Crippen MR) is 96.2 cm³/mol. The number of carbonyl (C=O) groups excluding carboxylic acids is 1. The third-order valence-corrected chi connectivity index (χ3v) is 4.08. The van der Waals surface area contributed by atoms with Gasteiger partial charge < -0.3 is 19.2 Å². The van der Waals surface area contributed by atoms with Gasteiger partial charge in [-0.3, -0.25) is 4.79 Å². The van der Waals surface area contributed by atoms with Crippen molar-refractivity contribution in [2.45, 2.75) is 18.9 Å². The van der Waals surface area contributed by atoms with Gasteiger partial charge in [0.25, 0.3) is 0 Å². The van der Waals surface area contributed by atoms with Crippen LogP contribution in [0, 0.1) is 0 Å². The Morgan fingerprint density at radius 1 is 1.19 bits per heavy atom. The molecule has 0 aliphatic carbocycles. The van der Waals surface area contributed by atoms with E-state index in [4.69, 9.17) is 8.94 Å². The van der Waals surface area contributed by atoms with Crippen LogP contribution >= 0.6 is 0 Å². The van der Waals surface area contributed by atoms with E-state index >= 15 is 0 Å². The lowest BCUT2D eigenvalue weighted by Gasteiger charge is -2.25. The molecule has 0 radical (unpaired) electrons. The molecule has 7 nitrogen and oxygen atoms in total. The molecule has 136 valence electrons. The van der Waals surface area contributed by atoms with Gasteiger partial charge in [-0.05, 0) is 31.8 Å². The van der Waals surface area contributed by atoms with E-state index in [1.54, 1.807) is 18.4 Å². The number of aromatic nitrogens is 2. The number of hydrogen-bond acceptors (Lipinski definition) is 6. The molecule has 1 N–H and O–H groups in total. The van der Waals surface area contributed by atoms with Crippen LogP contribution in [0.5, 0.6) is 0 Å². The van der Waals surface area contributed by atoms with Gasteiger partial charge in [-0.15, -0.1) is 0 Å². The molecule has 1 unspecified atom stereocenters. The van der Waals surface area contributed by atoms with E-state index in [-0.39, 0.29) is 18.4 Å². The number of hydrogen-bond donors (Lipinski definition) is 1. The molecule has 2 heterocycles. The first kappa shape index (κ1) is 17.9. The monoisotopic (exact) mass is 354 g/mol. The smallest absolute Gasteiger partial charge is 0.238 e.